The summed E-state index contributed by atoms with van der Waals surface area (Å²) in [6.45, 7) is 7.58. The number of aliphatic imine (C=N–C) groups is 1. The zero-order valence-corrected chi connectivity index (χ0v) is 21.9. The molecule has 0 spiro atoms. The third-order valence-electron chi connectivity index (χ3n) is 6.39. The summed E-state index contributed by atoms with van der Waals surface area (Å²) in [4.78, 5) is 21.4. The van der Waals surface area contributed by atoms with Gasteiger partial charge in [-0.1, -0.05) is 24.6 Å². The Kier molecular flexibility index (Phi) is 11.6. The minimum absolute atomic E-state index is 0. The summed E-state index contributed by atoms with van der Waals surface area (Å²) in [6, 6.07) is 8.51. The number of likely N-dealkylation sites (tertiary alicyclic amines) is 2. The first-order chi connectivity index (χ1) is 15.1. The first kappa shape index (κ1) is 26.7. The summed E-state index contributed by atoms with van der Waals surface area (Å²) >= 11 is 0. The fraction of sp³-hybridized carbons (Fsp3) is 0.667. The van der Waals surface area contributed by atoms with E-state index in [1.54, 1.807) is 7.11 Å². The molecular weight excluding hydrogens is 517 g/mol. The fourth-order valence-electron chi connectivity index (χ4n) is 4.89. The van der Waals surface area contributed by atoms with Crippen LogP contribution in [0.2, 0.25) is 0 Å². The van der Waals surface area contributed by atoms with Crippen molar-refractivity contribution in [1.82, 2.24) is 15.1 Å². The van der Waals surface area contributed by atoms with Gasteiger partial charge in [-0.3, -0.25) is 14.7 Å². The van der Waals surface area contributed by atoms with Crippen LogP contribution in [-0.2, 0) is 4.79 Å². The van der Waals surface area contributed by atoms with Gasteiger partial charge in [0, 0.05) is 31.6 Å². The highest BCUT2D eigenvalue weighted by molar-refractivity contribution is 14.0. The monoisotopic (exact) mass is 557 g/mol. The number of nitrogens with one attached hydrogen (secondary N) is 1. The van der Waals surface area contributed by atoms with Crippen molar-refractivity contribution in [2.75, 3.05) is 46.4 Å². The van der Waals surface area contributed by atoms with E-state index in [9.17, 15) is 4.79 Å². The second kappa shape index (κ2) is 13.9. The molecule has 180 valence electrons. The molecule has 1 aromatic rings. The Hall–Kier alpha value is -1.55. The Morgan fingerprint density at radius 3 is 2.66 bits per heavy atom. The summed E-state index contributed by atoms with van der Waals surface area (Å²) in [5.41, 5.74) is 6.66. The van der Waals surface area contributed by atoms with Crippen LogP contribution in [-0.4, -0.2) is 68.0 Å². The maximum absolute atomic E-state index is 11.4. The topological polar surface area (TPSA) is 83.2 Å². The van der Waals surface area contributed by atoms with Crippen molar-refractivity contribution in [3.63, 3.8) is 0 Å². The fourth-order valence-corrected chi connectivity index (χ4v) is 4.89. The number of rotatable bonds is 8. The number of nitrogens with zero attached hydrogens (tertiary/aromatic N) is 3. The number of ether oxygens (including phenoxy) is 1. The lowest BCUT2D eigenvalue weighted by Crippen LogP contribution is -2.47. The number of para-hydroxylation sites is 1. The average Bonchev–Trinajstić information content (AvgIpc) is 2.79. The van der Waals surface area contributed by atoms with Crippen LogP contribution >= 0.6 is 24.0 Å². The SMILES string of the molecule is CCNC(=NCC(c1ccccc1OC)N1CCCCC1)N1CCCC(CC(N)=O)C1.I. The molecule has 2 aliphatic rings. The van der Waals surface area contributed by atoms with Crippen molar-refractivity contribution in [2.24, 2.45) is 16.6 Å². The number of halogens is 1. The van der Waals surface area contributed by atoms with E-state index >= 15 is 0 Å². The van der Waals surface area contributed by atoms with Crippen molar-refractivity contribution in [3.05, 3.63) is 29.8 Å². The van der Waals surface area contributed by atoms with Gasteiger partial charge >= 0.3 is 0 Å². The Morgan fingerprint density at radius 2 is 1.97 bits per heavy atom. The van der Waals surface area contributed by atoms with Crippen molar-refractivity contribution >= 4 is 35.8 Å². The summed E-state index contributed by atoms with van der Waals surface area (Å²) in [6.07, 6.45) is 6.33. The maximum atomic E-state index is 11.4. The highest BCUT2D eigenvalue weighted by atomic mass is 127. The first-order valence-corrected chi connectivity index (χ1v) is 11.8. The molecule has 0 radical (unpaired) electrons. The second-order valence-corrected chi connectivity index (χ2v) is 8.67. The molecule has 2 aliphatic heterocycles. The molecule has 0 saturated carbocycles. The third kappa shape index (κ3) is 7.50. The molecule has 0 aromatic heterocycles. The number of hydrogen-bond donors (Lipinski definition) is 2. The molecule has 2 unspecified atom stereocenters. The predicted octanol–water partition coefficient (Wildman–Crippen LogP) is 3.39. The molecule has 1 amide bonds. The lowest BCUT2D eigenvalue weighted by molar-refractivity contribution is -0.119. The molecule has 7 nitrogen and oxygen atoms in total. The molecule has 1 aromatic carbocycles. The van der Waals surface area contributed by atoms with Crippen LogP contribution < -0.4 is 15.8 Å². The zero-order valence-electron chi connectivity index (χ0n) is 19.6. The van der Waals surface area contributed by atoms with E-state index in [0.717, 1.165) is 57.3 Å². The van der Waals surface area contributed by atoms with E-state index in [0.29, 0.717) is 18.9 Å². The number of carbonyl (C=O) groups is 1. The molecule has 0 aliphatic carbocycles. The second-order valence-electron chi connectivity index (χ2n) is 8.67. The lowest BCUT2D eigenvalue weighted by atomic mass is 9.95. The summed E-state index contributed by atoms with van der Waals surface area (Å²) in [7, 11) is 1.74. The summed E-state index contributed by atoms with van der Waals surface area (Å²) in [5, 5.41) is 3.47. The van der Waals surface area contributed by atoms with Crippen LogP contribution in [0.15, 0.2) is 29.3 Å². The number of hydrogen-bond acceptors (Lipinski definition) is 4. The van der Waals surface area contributed by atoms with Crippen LogP contribution in [0.1, 0.15) is 57.1 Å². The van der Waals surface area contributed by atoms with Gasteiger partial charge in [-0.15, -0.1) is 24.0 Å². The van der Waals surface area contributed by atoms with Gasteiger partial charge in [0.2, 0.25) is 5.91 Å². The van der Waals surface area contributed by atoms with Gasteiger partial charge < -0.3 is 20.7 Å². The molecule has 2 atom stereocenters. The number of amides is 1. The zero-order chi connectivity index (χ0) is 22.1. The van der Waals surface area contributed by atoms with Gasteiger partial charge in [-0.05, 0) is 57.7 Å². The van der Waals surface area contributed by atoms with Crippen molar-refractivity contribution in [1.29, 1.82) is 0 Å². The van der Waals surface area contributed by atoms with Crippen molar-refractivity contribution in [3.8, 4) is 5.75 Å². The minimum atomic E-state index is -0.213. The Labute approximate surface area is 210 Å². The Balaban J connectivity index is 0.00000363. The number of nitrogens with two attached hydrogens (primary N) is 1. The molecule has 2 heterocycles. The predicted molar refractivity (Wildman–Crippen MR) is 141 cm³/mol. The molecule has 3 N–H and O–H groups in total. The van der Waals surface area contributed by atoms with E-state index in [1.165, 1.54) is 24.8 Å². The van der Waals surface area contributed by atoms with E-state index in [2.05, 4.69) is 34.2 Å². The molecule has 8 heteroatoms. The molecular formula is C24H40IN5O2. The van der Waals surface area contributed by atoms with E-state index in [1.807, 2.05) is 12.1 Å². The number of piperidine rings is 2. The number of guanidine groups is 1. The summed E-state index contributed by atoms with van der Waals surface area (Å²) in [5.74, 6) is 1.96. The van der Waals surface area contributed by atoms with Crippen LogP contribution in [0, 0.1) is 5.92 Å². The Morgan fingerprint density at radius 1 is 1.22 bits per heavy atom. The van der Waals surface area contributed by atoms with Gasteiger partial charge in [0.05, 0.1) is 19.7 Å². The average molecular weight is 558 g/mol. The number of methoxy groups -OCH3 is 1. The lowest BCUT2D eigenvalue weighted by Gasteiger charge is -2.36. The van der Waals surface area contributed by atoms with Crippen LogP contribution in [0.3, 0.4) is 0 Å². The highest BCUT2D eigenvalue weighted by Gasteiger charge is 2.27. The van der Waals surface area contributed by atoms with Crippen molar-refractivity contribution < 1.29 is 9.53 Å². The smallest absolute Gasteiger partial charge is 0.217 e. The van der Waals surface area contributed by atoms with Crippen molar-refractivity contribution in [2.45, 2.75) is 51.5 Å². The molecule has 32 heavy (non-hydrogen) atoms. The number of benzene rings is 1. The minimum Gasteiger partial charge on any atom is -0.496 e. The van der Waals surface area contributed by atoms with E-state index in [4.69, 9.17) is 15.5 Å². The molecule has 0 bridgehead atoms. The van der Waals surface area contributed by atoms with Crippen LogP contribution in [0.5, 0.6) is 5.75 Å². The van der Waals surface area contributed by atoms with E-state index in [-0.39, 0.29) is 35.9 Å². The third-order valence-corrected chi connectivity index (χ3v) is 6.39. The normalized spacial score (nSPS) is 20.9. The Bertz CT molecular complexity index is 739. The summed E-state index contributed by atoms with van der Waals surface area (Å²) < 4.78 is 5.69. The molecule has 3 rings (SSSR count). The quantitative estimate of drug-likeness (QED) is 0.291. The highest BCUT2D eigenvalue weighted by Crippen LogP contribution is 2.31. The van der Waals surface area contributed by atoms with Gasteiger partial charge in [-0.2, -0.15) is 0 Å². The van der Waals surface area contributed by atoms with Gasteiger partial charge in [0.25, 0.3) is 0 Å². The van der Waals surface area contributed by atoms with Gasteiger partial charge in [0.1, 0.15) is 5.75 Å². The first-order valence-electron chi connectivity index (χ1n) is 11.8. The van der Waals surface area contributed by atoms with Crippen LogP contribution in [0.4, 0.5) is 0 Å². The number of carbonyl (C=O) groups excluding carboxylic acids is 1. The van der Waals surface area contributed by atoms with Gasteiger partial charge in [0.15, 0.2) is 5.96 Å². The maximum Gasteiger partial charge on any atom is 0.217 e. The molecule has 2 fully saturated rings. The largest absolute Gasteiger partial charge is 0.496 e. The number of primary amides is 1. The molecule has 2 saturated heterocycles. The standard InChI is InChI=1S/C24H39N5O2.HI/c1-3-26-24(29-15-9-10-19(18-29)16-23(25)30)27-17-21(28-13-7-4-8-14-28)20-11-5-6-12-22(20)31-2;/h5-6,11-12,19,21H,3-4,7-10,13-18H2,1-2H3,(H2,25,30)(H,26,27);1H. The van der Waals surface area contributed by atoms with Crippen LogP contribution in [0.25, 0.3) is 0 Å². The van der Waals surface area contributed by atoms with E-state index < -0.39 is 0 Å². The van der Waals surface area contributed by atoms with Gasteiger partial charge in [-0.25, -0.2) is 0 Å².